The molecule has 0 saturated heterocycles. The maximum Gasteiger partial charge on any atom is 0.324 e. The fourth-order valence-corrected chi connectivity index (χ4v) is 2.27. The predicted molar refractivity (Wildman–Crippen MR) is 89.4 cm³/mol. The highest BCUT2D eigenvalue weighted by atomic mass is 16.3. The van der Waals surface area contributed by atoms with Crippen molar-refractivity contribution >= 4 is 17.5 Å². The number of urea groups is 1. The van der Waals surface area contributed by atoms with Crippen molar-refractivity contribution in [3.8, 4) is 17.0 Å². The first-order valence-electron chi connectivity index (χ1n) is 7.08. The number of carbonyl (C=O) groups is 1. The Morgan fingerprint density at radius 2 is 1.83 bits per heavy atom. The Labute approximate surface area is 133 Å². The first kappa shape index (κ1) is 14.6. The number of hydrogen-bond acceptors (Lipinski definition) is 3. The van der Waals surface area contributed by atoms with E-state index in [1.54, 1.807) is 22.9 Å². The van der Waals surface area contributed by atoms with Gasteiger partial charge in [0.15, 0.2) is 5.82 Å². The van der Waals surface area contributed by atoms with Gasteiger partial charge in [0.05, 0.1) is 5.69 Å². The summed E-state index contributed by atoms with van der Waals surface area (Å²) in [4.78, 5) is 12.0. The number of nitrogens with zero attached hydrogens (tertiary/aromatic N) is 2. The minimum Gasteiger partial charge on any atom is -0.508 e. The number of benzene rings is 2. The minimum atomic E-state index is -0.423. The molecule has 0 aliphatic rings. The lowest BCUT2D eigenvalue weighted by Gasteiger charge is -2.05. The molecule has 2 amide bonds. The molecular formula is C17H16N4O2. The summed E-state index contributed by atoms with van der Waals surface area (Å²) in [7, 11) is 1.82. The number of rotatable bonds is 3. The quantitative estimate of drug-likeness (QED) is 0.693. The number of aryl methyl sites for hydroxylation is 1. The van der Waals surface area contributed by atoms with Gasteiger partial charge in [0.1, 0.15) is 5.75 Å². The van der Waals surface area contributed by atoms with Crippen LogP contribution in [-0.4, -0.2) is 20.9 Å². The first-order chi connectivity index (χ1) is 11.1. The zero-order chi connectivity index (χ0) is 16.2. The van der Waals surface area contributed by atoms with Crippen molar-refractivity contribution in [3.63, 3.8) is 0 Å². The first-order valence-corrected chi connectivity index (χ1v) is 7.08. The molecule has 0 radical (unpaired) electrons. The summed E-state index contributed by atoms with van der Waals surface area (Å²) >= 11 is 0. The average molecular weight is 308 g/mol. The summed E-state index contributed by atoms with van der Waals surface area (Å²) in [6.45, 7) is 0. The zero-order valence-electron chi connectivity index (χ0n) is 12.5. The minimum absolute atomic E-state index is 0.0898. The van der Waals surface area contributed by atoms with Gasteiger partial charge in [-0.25, -0.2) is 4.79 Å². The second-order valence-electron chi connectivity index (χ2n) is 5.03. The van der Waals surface area contributed by atoms with Crippen LogP contribution in [0.25, 0.3) is 11.3 Å². The standard InChI is InChI=1S/C17H16N4O2/c1-21-15(12-6-3-2-4-7-12)11-16(20-21)19-17(23)18-13-8-5-9-14(22)10-13/h2-11,22H,1H3,(H2,18,19,20,23). The summed E-state index contributed by atoms with van der Waals surface area (Å²) in [5.74, 6) is 0.538. The van der Waals surface area contributed by atoms with E-state index in [1.807, 2.05) is 37.4 Å². The Hall–Kier alpha value is -3.28. The third-order valence-electron chi connectivity index (χ3n) is 3.29. The topological polar surface area (TPSA) is 79.2 Å². The molecule has 3 aromatic rings. The zero-order valence-corrected chi connectivity index (χ0v) is 12.5. The van der Waals surface area contributed by atoms with E-state index in [-0.39, 0.29) is 5.75 Å². The van der Waals surface area contributed by atoms with Crippen LogP contribution >= 0.6 is 0 Å². The number of phenols is 1. The summed E-state index contributed by atoms with van der Waals surface area (Å²) in [5.41, 5.74) is 2.42. The van der Waals surface area contributed by atoms with Crippen LogP contribution in [0.5, 0.6) is 5.75 Å². The molecule has 0 fully saturated rings. The maximum absolute atomic E-state index is 12.0. The van der Waals surface area contributed by atoms with E-state index in [4.69, 9.17) is 0 Å². The molecule has 1 heterocycles. The Morgan fingerprint density at radius 3 is 2.57 bits per heavy atom. The van der Waals surface area contributed by atoms with Gasteiger partial charge in [-0.2, -0.15) is 5.10 Å². The van der Waals surface area contributed by atoms with Crippen molar-refractivity contribution in [2.24, 2.45) is 7.05 Å². The summed E-state index contributed by atoms with van der Waals surface area (Å²) in [5, 5.41) is 19.0. The number of hydrogen-bond donors (Lipinski definition) is 3. The van der Waals surface area contributed by atoms with E-state index in [0.29, 0.717) is 11.5 Å². The molecule has 0 bridgehead atoms. The van der Waals surface area contributed by atoms with Crippen LogP contribution in [0.2, 0.25) is 0 Å². The molecule has 0 unspecified atom stereocenters. The molecule has 3 N–H and O–H groups in total. The summed E-state index contributed by atoms with van der Waals surface area (Å²) < 4.78 is 1.71. The van der Waals surface area contributed by atoms with Crippen molar-refractivity contribution in [3.05, 3.63) is 60.7 Å². The fraction of sp³-hybridized carbons (Fsp3) is 0.0588. The molecule has 0 atom stereocenters. The molecule has 6 nitrogen and oxygen atoms in total. The van der Waals surface area contributed by atoms with Crippen LogP contribution < -0.4 is 10.6 Å². The van der Waals surface area contributed by atoms with E-state index in [0.717, 1.165) is 11.3 Å². The Bertz CT molecular complexity index is 828. The SMILES string of the molecule is Cn1nc(NC(=O)Nc2cccc(O)c2)cc1-c1ccccc1. The second kappa shape index (κ2) is 6.23. The molecule has 2 aromatic carbocycles. The molecule has 3 rings (SSSR count). The van der Waals surface area contributed by atoms with E-state index in [2.05, 4.69) is 15.7 Å². The molecule has 0 aliphatic carbocycles. The van der Waals surface area contributed by atoms with Crippen LogP contribution in [0.15, 0.2) is 60.7 Å². The lowest BCUT2D eigenvalue weighted by atomic mass is 10.1. The lowest BCUT2D eigenvalue weighted by molar-refractivity contribution is 0.262. The van der Waals surface area contributed by atoms with Gasteiger partial charge in [0, 0.05) is 24.9 Å². The van der Waals surface area contributed by atoms with Crippen LogP contribution in [0.1, 0.15) is 0 Å². The Balaban J connectivity index is 1.72. The van der Waals surface area contributed by atoms with E-state index < -0.39 is 6.03 Å². The van der Waals surface area contributed by atoms with E-state index >= 15 is 0 Å². The van der Waals surface area contributed by atoms with Crippen molar-refractivity contribution in [2.45, 2.75) is 0 Å². The molecule has 116 valence electrons. The molecular weight excluding hydrogens is 292 g/mol. The smallest absolute Gasteiger partial charge is 0.324 e. The highest BCUT2D eigenvalue weighted by Crippen LogP contribution is 2.22. The fourth-order valence-electron chi connectivity index (χ4n) is 2.27. The third kappa shape index (κ3) is 3.49. The number of aromatic nitrogens is 2. The lowest BCUT2D eigenvalue weighted by Crippen LogP contribution is -2.19. The van der Waals surface area contributed by atoms with E-state index in [9.17, 15) is 9.90 Å². The van der Waals surface area contributed by atoms with Gasteiger partial charge < -0.3 is 10.4 Å². The summed E-state index contributed by atoms with van der Waals surface area (Å²) in [6, 6.07) is 17.5. The molecule has 0 spiro atoms. The van der Waals surface area contributed by atoms with Gasteiger partial charge >= 0.3 is 6.03 Å². The largest absolute Gasteiger partial charge is 0.508 e. The van der Waals surface area contributed by atoms with Crippen LogP contribution in [-0.2, 0) is 7.05 Å². The number of nitrogens with one attached hydrogen (secondary N) is 2. The normalized spacial score (nSPS) is 10.3. The highest BCUT2D eigenvalue weighted by molar-refractivity contribution is 5.99. The Morgan fingerprint density at radius 1 is 1.04 bits per heavy atom. The molecule has 1 aromatic heterocycles. The monoisotopic (exact) mass is 308 g/mol. The van der Waals surface area contributed by atoms with Crippen molar-refractivity contribution < 1.29 is 9.90 Å². The van der Waals surface area contributed by atoms with Crippen LogP contribution in [0.3, 0.4) is 0 Å². The van der Waals surface area contributed by atoms with Crippen molar-refractivity contribution in [1.29, 1.82) is 0 Å². The number of amides is 2. The van der Waals surface area contributed by atoms with Gasteiger partial charge in [0.25, 0.3) is 0 Å². The van der Waals surface area contributed by atoms with Crippen molar-refractivity contribution in [2.75, 3.05) is 10.6 Å². The summed E-state index contributed by atoms with van der Waals surface area (Å²) in [6.07, 6.45) is 0. The number of phenolic OH excluding ortho intramolecular Hbond substituents is 1. The van der Waals surface area contributed by atoms with Crippen molar-refractivity contribution in [1.82, 2.24) is 9.78 Å². The number of anilines is 2. The second-order valence-corrected chi connectivity index (χ2v) is 5.03. The maximum atomic E-state index is 12.0. The molecule has 6 heteroatoms. The van der Waals surface area contributed by atoms with Gasteiger partial charge in [-0.1, -0.05) is 36.4 Å². The average Bonchev–Trinajstić information content (AvgIpc) is 2.88. The van der Waals surface area contributed by atoms with Gasteiger partial charge in [-0.05, 0) is 17.7 Å². The molecule has 0 saturated carbocycles. The predicted octanol–water partition coefficient (Wildman–Crippen LogP) is 3.44. The van der Waals surface area contributed by atoms with E-state index in [1.165, 1.54) is 12.1 Å². The van der Waals surface area contributed by atoms with Gasteiger partial charge in [0.2, 0.25) is 0 Å². The number of carbonyl (C=O) groups excluding carboxylic acids is 1. The molecule has 23 heavy (non-hydrogen) atoms. The molecule has 0 aliphatic heterocycles. The Kier molecular flexibility index (Phi) is 3.97. The van der Waals surface area contributed by atoms with Crippen LogP contribution in [0, 0.1) is 0 Å². The number of aromatic hydroxyl groups is 1. The van der Waals surface area contributed by atoms with Gasteiger partial charge in [-0.3, -0.25) is 10.00 Å². The van der Waals surface area contributed by atoms with Gasteiger partial charge in [-0.15, -0.1) is 0 Å². The third-order valence-corrected chi connectivity index (χ3v) is 3.29. The van der Waals surface area contributed by atoms with Crippen LogP contribution in [0.4, 0.5) is 16.3 Å². The highest BCUT2D eigenvalue weighted by Gasteiger charge is 2.10.